The Hall–Kier alpha value is -0.120. The van der Waals surface area contributed by atoms with Crippen LogP contribution in [-0.2, 0) is 16.6 Å². The van der Waals surface area contributed by atoms with E-state index < -0.39 is 10.0 Å². The fourth-order valence-corrected chi connectivity index (χ4v) is 5.87. The van der Waals surface area contributed by atoms with Crippen molar-refractivity contribution < 1.29 is 8.42 Å². The molecule has 0 unspecified atom stereocenters. The van der Waals surface area contributed by atoms with Crippen molar-refractivity contribution in [3.05, 3.63) is 42.4 Å². The standard InChI is InChI=1S/C11H9Br2ClN2O2S2/c12-6-1-2-9(8(14)3-6)16-20(17,18)10-4-7(5-15)19-11(10)13/h1-4,16H,5,15H2. The quantitative estimate of drug-likeness (QED) is 0.719. The van der Waals surface area contributed by atoms with Crippen LogP contribution in [0.1, 0.15) is 4.88 Å². The van der Waals surface area contributed by atoms with Gasteiger partial charge in [-0.2, -0.15) is 0 Å². The average Bonchev–Trinajstić information content (AvgIpc) is 2.75. The van der Waals surface area contributed by atoms with Crippen molar-refractivity contribution in [1.82, 2.24) is 0 Å². The highest BCUT2D eigenvalue weighted by Gasteiger charge is 2.21. The van der Waals surface area contributed by atoms with Gasteiger partial charge in [0, 0.05) is 15.9 Å². The highest BCUT2D eigenvalue weighted by atomic mass is 79.9. The number of hydrogen-bond donors (Lipinski definition) is 2. The second kappa shape index (κ2) is 6.33. The summed E-state index contributed by atoms with van der Waals surface area (Å²) in [5.41, 5.74) is 5.84. The maximum Gasteiger partial charge on any atom is 0.263 e. The lowest BCUT2D eigenvalue weighted by molar-refractivity contribution is 0.601. The molecule has 20 heavy (non-hydrogen) atoms. The van der Waals surface area contributed by atoms with Gasteiger partial charge in [0.1, 0.15) is 4.90 Å². The fraction of sp³-hybridized carbons (Fsp3) is 0.0909. The second-order valence-corrected chi connectivity index (χ2v) is 9.21. The lowest BCUT2D eigenvalue weighted by Gasteiger charge is -2.09. The molecule has 0 spiro atoms. The molecule has 9 heteroatoms. The molecule has 1 aromatic carbocycles. The number of thiophene rings is 1. The maximum absolute atomic E-state index is 12.3. The van der Waals surface area contributed by atoms with Crippen LogP contribution < -0.4 is 10.5 Å². The average molecular weight is 461 g/mol. The number of nitrogens with two attached hydrogens (primary N) is 1. The molecule has 2 rings (SSSR count). The summed E-state index contributed by atoms with van der Waals surface area (Å²) in [5.74, 6) is 0. The smallest absolute Gasteiger partial charge is 0.263 e. The number of rotatable bonds is 4. The third-order valence-corrected chi connectivity index (χ3v) is 6.82. The van der Waals surface area contributed by atoms with E-state index in [1.54, 1.807) is 24.3 Å². The molecule has 1 heterocycles. The van der Waals surface area contributed by atoms with Crippen LogP contribution in [0.4, 0.5) is 5.69 Å². The van der Waals surface area contributed by atoms with Crippen LogP contribution in [0.5, 0.6) is 0 Å². The van der Waals surface area contributed by atoms with Crippen molar-refractivity contribution >= 4 is 70.5 Å². The van der Waals surface area contributed by atoms with Gasteiger partial charge in [-0.25, -0.2) is 8.42 Å². The molecule has 0 bridgehead atoms. The van der Waals surface area contributed by atoms with E-state index in [9.17, 15) is 8.42 Å². The van der Waals surface area contributed by atoms with Crippen LogP contribution in [0.3, 0.4) is 0 Å². The first-order valence-corrected chi connectivity index (χ1v) is 9.56. The van der Waals surface area contributed by atoms with Gasteiger partial charge >= 0.3 is 0 Å². The van der Waals surface area contributed by atoms with Gasteiger partial charge in [-0.05, 0) is 40.2 Å². The first-order chi connectivity index (χ1) is 9.33. The Bertz CT molecular complexity index is 747. The van der Waals surface area contributed by atoms with E-state index in [-0.39, 0.29) is 11.4 Å². The van der Waals surface area contributed by atoms with Crippen molar-refractivity contribution in [1.29, 1.82) is 0 Å². The Morgan fingerprint density at radius 2 is 2.00 bits per heavy atom. The van der Waals surface area contributed by atoms with Gasteiger partial charge in [-0.3, -0.25) is 4.72 Å². The third-order valence-electron chi connectivity index (χ3n) is 2.37. The minimum absolute atomic E-state index is 0.155. The van der Waals surface area contributed by atoms with E-state index in [4.69, 9.17) is 17.3 Å². The first kappa shape index (κ1) is 16.3. The number of hydrogen-bond acceptors (Lipinski definition) is 4. The van der Waals surface area contributed by atoms with Gasteiger partial charge in [0.2, 0.25) is 0 Å². The number of nitrogens with one attached hydrogen (secondary N) is 1. The highest BCUT2D eigenvalue weighted by Crippen LogP contribution is 2.34. The molecule has 0 aliphatic rings. The molecule has 108 valence electrons. The predicted octanol–water partition coefficient (Wildman–Crippen LogP) is 4.19. The highest BCUT2D eigenvalue weighted by molar-refractivity contribution is 9.11. The van der Waals surface area contributed by atoms with E-state index in [1.165, 1.54) is 11.3 Å². The van der Waals surface area contributed by atoms with Gasteiger partial charge in [0.25, 0.3) is 10.0 Å². The molecule has 0 atom stereocenters. The molecule has 1 aromatic heterocycles. The summed E-state index contributed by atoms with van der Waals surface area (Å²) in [6, 6.07) is 6.46. The first-order valence-electron chi connectivity index (χ1n) is 5.29. The van der Waals surface area contributed by atoms with E-state index in [0.29, 0.717) is 14.5 Å². The van der Waals surface area contributed by atoms with Crippen LogP contribution >= 0.6 is 54.8 Å². The molecule has 0 fully saturated rings. The summed E-state index contributed by atoms with van der Waals surface area (Å²) in [5, 5.41) is 0.313. The second-order valence-electron chi connectivity index (χ2n) is 3.78. The molecule has 2 aromatic rings. The Morgan fingerprint density at radius 1 is 1.30 bits per heavy atom. The molecular formula is C11H9Br2ClN2O2S2. The van der Waals surface area contributed by atoms with Crippen LogP contribution in [0.2, 0.25) is 5.02 Å². The molecule has 0 aliphatic heterocycles. The zero-order valence-electron chi connectivity index (χ0n) is 9.86. The van der Waals surface area contributed by atoms with Gasteiger partial charge in [-0.1, -0.05) is 27.5 Å². The lowest BCUT2D eigenvalue weighted by atomic mass is 10.3. The van der Waals surface area contributed by atoms with E-state index in [2.05, 4.69) is 36.6 Å². The lowest BCUT2D eigenvalue weighted by Crippen LogP contribution is -2.13. The summed E-state index contributed by atoms with van der Waals surface area (Å²) in [6.45, 7) is 0.290. The number of halogens is 3. The summed E-state index contributed by atoms with van der Waals surface area (Å²) >= 11 is 13.8. The third kappa shape index (κ3) is 3.55. The zero-order chi connectivity index (χ0) is 14.9. The maximum atomic E-state index is 12.3. The molecule has 4 nitrogen and oxygen atoms in total. The SMILES string of the molecule is NCc1cc(S(=O)(=O)Nc2ccc(Br)cc2Cl)c(Br)s1. The molecular weight excluding hydrogens is 452 g/mol. The topological polar surface area (TPSA) is 72.2 Å². The zero-order valence-corrected chi connectivity index (χ0v) is 15.4. The van der Waals surface area contributed by atoms with E-state index in [1.807, 2.05) is 0 Å². The Balaban J connectivity index is 2.38. The minimum atomic E-state index is -3.71. The van der Waals surface area contributed by atoms with Gasteiger partial charge in [0.05, 0.1) is 14.5 Å². The summed E-state index contributed by atoms with van der Waals surface area (Å²) in [4.78, 5) is 0.932. The van der Waals surface area contributed by atoms with Crippen molar-refractivity contribution in [2.24, 2.45) is 5.73 Å². The summed E-state index contributed by atoms with van der Waals surface area (Å²) in [7, 11) is -3.71. The summed E-state index contributed by atoms with van der Waals surface area (Å²) in [6.07, 6.45) is 0. The molecule has 0 saturated carbocycles. The molecule has 0 amide bonds. The van der Waals surface area contributed by atoms with Crippen molar-refractivity contribution in [2.45, 2.75) is 11.4 Å². The predicted molar refractivity (Wildman–Crippen MR) is 89.9 cm³/mol. The Labute approximate surface area is 142 Å². The van der Waals surface area contributed by atoms with Crippen molar-refractivity contribution in [3.8, 4) is 0 Å². The normalized spacial score (nSPS) is 11.6. The van der Waals surface area contributed by atoms with Gasteiger partial charge < -0.3 is 5.73 Å². The van der Waals surface area contributed by atoms with Crippen molar-refractivity contribution in [2.75, 3.05) is 4.72 Å². The Morgan fingerprint density at radius 3 is 2.55 bits per heavy atom. The fourth-order valence-electron chi connectivity index (χ4n) is 1.45. The summed E-state index contributed by atoms with van der Waals surface area (Å²) < 4.78 is 28.4. The van der Waals surface area contributed by atoms with Crippen LogP contribution in [-0.4, -0.2) is 8.42 Å². The van der Waals surface area contributed by atoms with E-state index >= 15 is 0 Å². The Kier molecular flexibility index (Phi) is 5.14. The number of anilines is 1. The minimum Gasteiger partial charge on any atom is -0.326 e. The molecule has 0 saturated heterocycles. The number of sulfonamides is 1. The monoisotopic (exact) mass is 458 g/mol. The molecule has 0 radical (unpaired) electrons. The number of benzene rings is 1. The van der Waals surface area contributed by atoms with E-state index in [0.717, 1.165) is 9.35 Å². The van der Waals surface area contributed by atoms with Gasteiger partial charge in [-0.15, -0.1) is 11.3 Å². The van der Waals surface area contributed by atoms with Crippen LogP contribution in [0, 0.1) is 0 Å². The largest absolute Gasteiger partial charge is 0.326 e. The van der Waals surface area contributed by atoms with Crippen LogP contribution in [0.25, 0.3) is 0 Å². The van der Waals surface area contributed by atoms with Crippen LogP contribution in [0.15, 0.2) is 37.4 Å². The van der Waals surface area contributed by atoms with Gasteiger partial charge in [0.15, 0.2) is 0 Å². The molecule has 0 aliphatic carbocycles. The van der Waals surface area contributed by atoms with Crippen molar-refractivity contribution in [3.63, 3.8) is 0 Å². The molecule has 3 N–H and O–H groups in total.